The van der Waals surface area contributed by atoms with Crippen LogP contribution in [0.15, 0.2) is 48.5 Å². The Bertz CT molecular complexity index is 664. The summed E-state index contributed by atoms with van der Waals surface area (Å²) in [6.07, 6.45) is 0.242. The number of phenols is 1. The molecular formula is C17H15NO3. The minimum absolute atomic E-state index is 0.130. The molecule has 3 N–H and O–H groups in total. The Morgan fingerprint density at radius 3 is 2.33 bits per heavy atom. The molecule has 2 aromatic rings. The Balaban J connectivity index is 1.94. The largest absolute Gasteiger partial charge is 0.508 e. The third kappa shape index (κ3) is 4.68. The summed E-state index contributed by atoms with van der Waals surface area (Å²) in [7, 11) is 0. The van der Waals surface area contributed by atoms with Crippen LogP contribution in [0.25, 0.3) is 0 Å². The zero-order valence-electron chi connectivity index (χ0n) is 11.3. The number of aliphatic hydroxyl groups is 1. The Kier molecular flexibility index (Phi) is 4.97. The lowest BCUT2D eigenvalue weighted by molar-refractivity contribution is -0.115. The SMILES string of the molecule is O=C(Cc1ccc(O)cc1)Nc1ccc(C#CCO)cc1. The van der Waals surface area contributed by atoms with Crippen LogP contribution < -0.4 is 5.32 Å². The van der Waals surface area contributed by atoms with Crippen molar-refractivity contribution in [3.8, 4) is 17.6 Å². The van der Waals surface area contributed by atoms with E-state index in [0.29, 0.717) is 5.69 Å². The normalized spacial score (nSPS) is 9.57. The summed E-state index contributed by atoms with van der Waals surface area (Å²) in [6.45, 7) is -0.175. The van der Waals surface area contributed by atoms with Gasteiger partial charge in [0.15, 0.2) is 0 Å². The van der Waals surface area contributed by atoms with Crippen molar-refractivity contribution in [1.82, 2.24) is 0 Å². The molecule has 0 aliphatic rings. The second-order valence-corrected chi connectivity index (χ2v) is 4.43. The number of rotatable bonds is 3. The Morgan fingerprint density at radius 1 is 1.05 bits per heavy atom. The van der Waals surface area contributed by atoms with E-state index in [9.17, 15) is 9.90 Å². The van der Waals surface area contributed by atoms with Crippen molar-refractivity contribution in [3.63, 3.8) is 0 Å². The Hall–Kier alpha value is -2.77. The number of anilines is 1. The van der Waals surface area contributed by atoms with Crippen LogP contribution in [-0.2, 0) is 11.2 Å². The summed E-state index contributed by atoms with van der Waals surface area (Å²) in [5.74, 6) is 5.39. The Labute approximate surface area is 123 Å². The number of aromatic hydroxyl groups is 1. The molecule has 106 valence electrons. The van der Waals surface area contributed by atoms with Crippen LogP contribution in [0.5, 0.6) is 5.75 Å². The number of amides is 1. The van der Waals surface area contributed by atoms with E-state index in [-0.39, 0.29) is 24.7 Å². The Morgan fingerprint density at radius 2 is 1.71 bits per heavy atom. The number of aliphatic hydroxyl groups excluding tert-OH is 1. The van der Waals surface area contributed by atoms with Gasteiger partial charge in [0.05, 0.1) is 6.42 Å². The van der Waals surface area contributed by atoms with Crippen molar-refractivity contribution in [2.24, 2.45) is 0 Å². The van der Waals surface area contributed by atoms with Gasteiger partial charge >= 0.3 is 0 Å². The van der Waals surface area contributed by atoms with Gasteiger partial charge in [-0.15, -0.1) is 0 Å². The predicted octanol–water partition coefficient (Wildman–Crippen LogP) is 1.92. The smallest absolute Gasteiger partial charge is 0.228 e. The van der Waals surface area contributed by atoms with Gasteiger partial charge in [0.25, 0.3) is 0 Å². The highest BCUT2D eigenvalue weighted by molar-refractivity contribution is 5.92. The number of phenolic OH excluding ortho intramolecular Hbond substituents is 1. The molecule has 0 aliphatic heterocycles. The number of benzene rings is 2. The molecule has 0 saturated heterocycles. The van der Waals surface area contributed by atoms with Crippen molar-refractivity contribution < 1.29 is 15.0 Å². The maximum atomic E-state index is 11.9. The van der Waals surface area contributed by atoms with E-state index in [2.05, 4.69) is 17.2 Å². The van der Waals surface area contributed by atoms with Crippen molar-refractivity contribution in [3.05, 3.63) is 59.7 Å². The summed E-state index contributed by atoms with van der Waals surface area (Å²) in [6, 6.07) is 13.6. The molecule has 0 spiro atoms. The van der Waals surface area contributed by atoms with Gasteiger partial charge in [-0.3, -0.25) is 4.79 Å². The van der Waals surface area contributed by atoms with Gasteiger partial charge in [0.2, 0.25) is 5.91 Å². The lowest BCUT2D eigenvalue weighted by atomic mass is 10.1. The first-order valence-corrected chi connectivity index (χ1v) is 6.45. The molecule has 2 aromatic carbocycles. The average molecular weight is 281 g/mol. The van der Waals surface area contributed by atoms with Crippen LogP contribution in [0.1, 0.15) is 11.1 Å². The second kappa shape index (κ2) is 7.13. The lowest BCUT2D eigenvalue weighted by Crippen LogP contribution is -2.14. The topological polar surface area (TPSA) is 69.6 Å². The molecule has 21 heavy (non-hydrogen) atoms. The van der Waals surface area contributed by atoms with E-state index < -0.39 is 0 Å². The highest BCUT2D eigenvalue weighted by Crippen LogP contribution is 2.12. The van der Waals surface area contributed by atoms with Gasteiger partial charge in [-0.2, -0.15) is 0 Å². The molecular weight excluding hydrogens is 266 g/mol. The third-order valence-electron chi connectivity index (χ3n) is 2.78. The van der Waals surface area contributed by atoms with Crippen molar-refractivity contribution in [2.45, 2.75) is 6.42 Å². The molecule has 0 aliphatic carbocycles. The average Bonchev–Trinajstić information content (AvgIpc) is 2.49. The molecule has 0 fully saturated rings. The minimum atomic E-state index is -0.175. The molecule has 4 nitrogen and oxygen atoms in total. The standard InChI is InChI=1S/C17H15NO3/c19-11-1-2-13-3-7-15(8-4-13)18-17(21)12-14-5-9-16(20)10-6-14/h3-10,19-20H,11-12H2,(H,18,21). The fraction of sp³-hybridized carbons (Fsp3) is 0.118. The van der Waals surface area contributed by atoms with Crippen LogP contribution in [0.2, 0.25) is 0 Å². The highest BCUT2D eigenvalue weighted by Gasteiger charge is 2.04. The molecule has 0 saturated carbocycles. The highest BCUT2D eigenvalue weighted by atomic mass is 16.3. The number of carbonyl (C=O) groups excluding carboxylic acids is 1. The maximum absolute atomic E-state index is 11.9. The van der Waals surface area contributed by atoms with Gasteiger partial charge in [-0.25, -0.2) is 0 Å². The van der Waals surface area contributed by atoms with E-state index in [1.807, 2.05) is 0 Å². The van der Waals surface area contributed by atoms with Crippen LogP contribution in [-0.4, -0.2) is 22.7 Å². The summed E-state index contributed by atoms with van der Waals surface area (Å²) < 4.78 is 0. The number of nitrogens with one attached hydrogen (secondary N) is 1. The summed E-state index contributed by atoms with van der Waals surface area (Å²) in [5, 5.41) is 20.6. The molecule has 4 heteroatoms. The van der Waals surface area contributed by atoms with E-state index >= 15 is 0 Å². The number of hydrogen-bond donors (Lipinski definition) is 3. The minimum Gasteiger partial charge on any atom is -0.508 e. The summed E-state index contributed by atoms with van der Waals surface area (Å²) in [4.78, 5) is 11.9. The monoisotopic (exact) mass is 281 g/mol. The first-order valence-electron chi connectivity index (χ1n) is 6.45. The zero-order chi connectivity index (χ0) is 15.1. The van der Waals surface area contributed by atoms with Crippen LogP contribution in [0, 0.1) is 11.8 Å². The first-order chi connectivity index (χ1) is 10.2. The first kappa shape index (κ1) is 14.6. The van der Waals surface area contributed by atoms with Gasteiger partial charge < -0.3 is 15.5 Å². The van der Waals surface area contributed by atoms with Gasteiger partial charge in [0, 0.05) is 11.3 Å². The van der Waals surface area contributed by atoms with Crippen LogP contribution in [0.4, 0.5) is 5.69 Å². The fourth-order valence-electron chi connectivity index (χ4n) is 1.78. The zero-order valence-corrected chi connectivity index (χ0v) is 11.3. The summed E-state index contributed by atoms with van der Waals surface area (Å²) >= 11 is 0. The number of carbonyl (C=O) groups is 1. The third-order valence-corrected chi connectivity index (χ3v) is 2.78. The van der Waals surface area contributed by atoms with Gasteiger partial charge in [0.1, 0.15) is 12.4 Å². The molecule has 0 atom stereocenters. The lowest BCUT2D eigenvalue weighted by Gasteiger charge is -2.05. The number of hydrogen-bond acceptors (Lipinski definition) is 3. The van der Waals surface area contributed by atoms with Gasteiger partial charge in [-0.1, -0.05) is 24.0 Å². The quantitative estimate of drug-likeness (QED) is 0.753. The maximum Gasteiger partial charge on any atom is 0.228 e. The van der Waals surface area contributed by atoms with Gasteiger partial charge in [-0.05, 0) is 42.0 Å². The summed E-state index contributed by atoms with van der Waals surface area (Å²) in [5.41, 5.74) is 2.30. The molecule has 0 aromatic heterocycles. The van der Waals surface area contributed by atoms with Crippen LogP contribution in [0.3, 0.4) is 0 Å². The second-order valence-electron chi connectivity index (χ2n) is 4.43. The molecule has 0 bridgehead atoms. The fourth-order valence-corrected chi connectivity index (χ4v) is 1.78. The van der Waals surface area contributed by atoms with Crippen molar-refractivity contribution in [1.29, 1.82) is 0 Å². The van der Waals surface area contributed by atoms with E-state index in [1.165, 1.54) is 0 Å². The van der Waals surface area contributed by atoms with Crippen molar-refractivity contribution in [2.75, 3.05) is 11.9 Å². The molecule has 0 heterocycles. The molecule has 2 rings (SSSR count). The molecule has 0 unspecified atom stereocenters. The predicted molar refractivity (Wildman–Crippen MR) is 80.8 cm³/mol. The van der Waals surface area contributed by atoms with E-state index in [4.69, 9.17) is 5.11 Å². The van der Waals surface area contributed by atoms with E-state index in [0.717, 1.165) is 11.1 Å². The molecule has 0 radical (unpaired) electrons. The molecule has 1 amide bonds. The van der Waals surface area contributed by atoms with Crippen LogP contribution >= 0.6 is 0 Å². The van der Waals surface area contributed by atoms with Crippen molar-refractivity contribution >= 4 is 11.6 Å². The van der Waals surface area contributed by atoms with E-state index in [1.54, 1.807) is 48.5 Å².